The molecule has 4 heteroatoms. The Balaban J connectivity index is 2.42. The van der Waals surface area contributed by atoms with Crippen molar-refractivity contribution in [2.75, 3.05) is 11.9 Å². The third kappa shape index (κ3) is 1.84. The third-order valence-electron chi connectivity index (χ3n) is 2.27. The van der Waals surface area contributed by atoms with Crippen LogP contribution in [0, 0.1) is 11.3 Å². The molecule has 0 N–H and O–H groups in total. The van der Waals surface area contributed by atoms with Gasteiger partial charge in [-0.1, -0.05) is 0 Å². The molecule has 0 fully saturated rings. The van der Waals surface area contributed by atoms with Crippen molar-refractivity contribution >= 4 is 11.5 Å². The minimum Gasteiger partial charge on any atom is -0.328 e. The van der Waals surface area contributed by atoms with Crippen molar-refractivity contribution in [3.63, 3.8) is 0 Å². The molecule has 78 valence electrons. The second-order valence-electron chi connectivity index (χ2n) is 3.25. The van der Waals surface area contributed by atoms with Crippen LogP contribution in [0.3, 0.4) is 0 Å². The fourth-order valence-corrected chi connectivity index (χ4v) is 1.44. The molecule has 0 aromatic carbocycles. The molecule has 0 aliphatic carbocycles. The van der Waals surface area contributed by atoms with E-state index in [2.05, 4.69) is 16.0 Å². The van der Waals surface area contributed by atoms with E-state index < -0.39 is 0 Å². The van der Waals surface area contributed by atoms with Gasteiger partial charge in [0.15, 0.2) is 5.82 Å². The summed E-state index contributed by atoms with van der Waals surface area (Å²) < 4.78 is 0. The van der Waals surface area contributed by atoms with Crippen molar-refractivity contribution in [3.05, 3.63) is 48.4 Å². The number of aromatic nitrogens is 2. The maximum Gasteiger partial charge on any atom is 0.150 e. The highest BCUT2D eigenvalue weighted by Crippen LogP contribution is 2.23. The van der Waals surface area contributed by atoms with Crippen molar-refractivity contribution in [2.24, 2.45) is 0 Å². The van der Waals surface area contributed by atoms with Crippen LogP contribution >= 0.6 is 0 Å². The van der Waals surface area contributed by atoms with Gasteiger partial charge in [-0.05, 0) is 24.3 Å². The molecular formula is C12H10N4. The van der Waals surface area contributed by atoms with Crippen LogP contribution in [0.1, 0.15) is 5.56 Å². The summed E-state index contributed by atoms with van der Waals surface area (Å²) in [5, 5.41) is 8.99. The molecule has 16 heavy (non-hydrogen) atoms. The first-order chi connectivity index (χ1) is 7.83. The number of nitrogens with zero attached hydrogens (tertiary/aromatic N) is 4. The lowest BCUT2D eigenvalue weighted by Gasteiger charge is -2.18. The number of rotatable bonds is 2. The molecule has 2 aromatic rings. The van der Waals surface area contributed by atoms with Crippen LogP contribution in [0.2, 0.25) is 0 Å². The Kier molecular flexibility index (Phi) is 2.79. The smallest absolute Gasteiger partial charge is 0.150 e. The Morgan fingerprint density at radius 1 is 1.19 bits per heavy atom. The summed E-state index contributed by atoms with van der Waals surface area (Å²) in [6.45, 7) is 0. The molecule has 0 saturated heterocycles. The number of pyridine rings is 2. The normalized spacial score (nSPS) is 9.50. The van der Waals surface area contributed by atoms with Crippen molar-refractivity contribution < 1.29 is 0 Å². The zero-order valence-corrected chi connectivity index (χ0v) is 8.83. The summed E-state index contributed by atoms with van der Waals surface area (Å²) >= 11 is 0. The maximum atomic E-state index is 8.99. The fourth-order valence-electron chi connectivity index (χ4n) is 1.44. The van der Waals surface area contributed by atoms with Crippen LogP contribution in [-0.2, 0) is 0 Å². The highest BCUT2D eigenvalue weighted by Gasteiger charge is 2.09. The minimum absolute atomic E-state index is 0.557. The Hall–Kier alpha value is -2.41. The van der Waals surface area contributed by atoms with Crippen molar-refractivity contribution in [1.82, 2.24) is 9.97 Å². The predicted octanol–water partition coefficient (Wildman–Crippen LogP) is 2.12. The highest BCUT2D eigenvalue weighted by atomic mass is 15.2. The van der Waals surface area contributed by atoms with Crippen molar-refractivity contribution in [2.45, 2.75) is 0 Å². The molecule has 0 unspecified atom stereocenters. The van der Waals surface area contributed by atoms with E-state index >= 15 is 0 Å². The molecule has 0 saturated carbocycles. The summed E-state index contributed by atoms with van der Waals surface area (Å²) in [6.07, 6.45) is 5.09. The molecule has 0 spiro atoms. The Morgan fingerprint density at radius 2 is 1.94 bits per heavy atom. The summed E-state index contributed by atoms with van der Waals surface area (Å²) in [5.74, 6) is 0.649. The van der Waals surface area contributed by atoms with Crippen molar-refractivity contribution in [3.8, 4) is 6.07 Å². The monoisotopic (exact) mass is 210 g/mol. The molecule has 0 amide bonds. The second kappa shape index (κ2) is 4.41. The molecule has 0 atom stereocenters. The molecule has 2 heterocycles. The van der Waals surface area contributed by atoms with Gasteiger partial charge in [-0.3, -0.25) is 4.98 Å². The van der Waals surface area contributed by atoms with Gasteiger partial charge in [0, 0.05) is 31.3 Å². The van der Waals surface area contributed by atoms with Gasteiger partial charge in [0.25, 0.3) is 0 Å². The molecular weight excluding hydrogens is 200 g/mol. The number of hydrogen-bond donors (Lipinski definition) is 0. The topological polar surface area (TPSA) is 52.8 Å². The summed E-state index contributed by atoms with van der Waals surface area (Å²) in [5.41, 5.74) is 1.51. The zero-order chi connectivity index (χ0) is 11.4. The van der Waals surface area contributed by atoms with E-state index in [1.807, 2.05) is 24.1 Å². The van der Waals surface area contributed by atoms with E-state index in [9.17, 15) is 0 Å². The maximum absolute atomic E-state index is 8.99. The molecule has 0 aliphatic heterocycles. The fraction of sp³-hybridized carbons (Fsp3) is 0.0833. The van der Waals surface area contributed by atoms with Crippen LogP contribution in [-0.4, -0.2) is 17.0 Å². The highest BCUT2D eigenvalue weighted by molar-refractivity contribution is 5.64. The van der Waals surface area contributed by atoms with E-state index in [1.165, 1.54) is 0 Å². The number of hydrogen-bond acceptors (Lipinski definition) is 4. The molecule has 0 bridgehead atoms. The molecule has 0 aliphatic rings. The van der Waals surface area contributed by atoms with E-state index in [-0.39, 0.29) is 0 Å². The molecule has 2 rings (SSSR count). The Bertz CT molecular complexity index is 516. The summed E-state index contributed by atoms with van der Waals surface area (Å²) in [4.78, 5) is 10.0. The van der Waals surface area contributed by atoms with Crippen LogP contribution in [0.5, 0.6) is 0 Å². The second-order valence-corrected chi connectivity index (χ2v) is 3.25. The van der Waals surface area contributed by atoms with Crippen LogP contribution in [0.4, 0.5) is 11.5 Å². The zero-order valence-electron chi connectivity index (χ0n) is 8.83. The van der Waals surface area contributed by atoms with Crippen LogP contribution < -0.4 is 4.90 Å². The standard InChI is InChI=1S/C12H10N4/c1-16(11-4-7-14-8-5-11)12-10(9-13)3-2-6-15-12/h2-8H,1H3. The van der Waals surface area contributed by atoms with Crippen LogP contribution in [0.15, 0.2) is 42.9 Å². The largest absolute Gasteiger partial charge is 0.328 e. The van der Waals surface area contributed by atoms with E-state index in [0.29, 0.717) is 11.4 Å². The van der Waals surface area contributed by atoms with Crippen molar-refractivity contribution in [1.29, 1.82) is 5.26 Å². The van der Waals surface area contributed by atoms with E-state index in [4.69, 9.17) is 5.26 Å². The molecule has 2 aromatic heterocycles. The lowest BCUT2D eigenvalue weighted by atomic mass is 10.2. The predicted molar refractivity (Wildman–Crippen MR) is 61.3 cm³/mol. The first-order valence-electron chi connectivity index (χ1n) is 4.82. The Morgan fingerprint density at radius 3 is 2.62 bits per heavy atom. The van der Waals surface area contributed by atoms with Gasteiger partial charge in [0.1, 0.15) is 6.07 Å². The van der Waals surface area contributed by atoms with Gasteiger partial charge in [0.2, 0.25) is 0 Å². The van der Waals surface area contributed by atoms with Gasteiger partial charge in [-0.2, -0.15) is 5.26 Å². The van der Waals surface area contributed by atoms with Gasteiger partial charge >= 0.3 is 0 Å². The first-order valence-corrected chi connectivity index (χ1v) is 4.82. The molecule has 4 nitrogen and oxygen atoms in total. The van der Waals surface area contributed by atoms with Gasteiger partial charge in [0.05, 0.1) is 5.56 Å². The average Bonchev–Trinajstić information content (AvgIpc) is 2.39. The van der Waals surface area contributed by atoms with Gasteiger partial charge in [-0.15, -0.1) is 0 Å². The first kappa shape index (κ1) is 10.1. The van der Waals surface area contributed by atoms with Crippen LogP contribution in [0.25, 0.3) is 0 Å². The quantitative estimate of drug-likeness (QED) is 0.761. The van der Waals surface area contributed by atoms with Gasteiger partial charge < -0.3 is 4.90 Å². The van der Waals surface area contributed by atoms with E-state index in [0.717, 1.165) is 5.69 Å². The number of nitriles is 1. The minimum atomic E-state index is 0.557. The molecule has 0 radical (unpaired) electrons. The SMILES string of the molecule is CN(c1ccncc1)c1ncccc1C#N. The average molecular weight is 210 g/mol. The number of anilines is 2. The van der Waals surface area contributed by atoms with E-state index in [1.54, 1.807) is 30.7 Å². The summed E-state index contributed by atoms with van der Waals surface area (Å²) in [7, 11) is 1.87. The lowest BCUT2D eigenvalue weighted by molar-refractivity contribution is 1.11. The lowest BCUT2D eigenvalue weighted by Crippen LogP contribution is -2.12. The third-order valence-corrected chi connectivity index (χ3v) is 2.27. The Labute approximate surface area is 93.8 Å². The van der Waals surface area contributed by atoms with Gasteiger partial charge in [-0.25, -0.2) is 4.98 Å². The summed E-state index contributed by atoms with van der Waals surface area (Å²) in [6, 6.07) is 9.37.